The second-order valence-corrected chi connectivity index (χ2v) is 6.72. The minimum Gasteiger partial charge on any atom is -0.478 e. The summed E-state index contributed by atoms with van der Waals surface area (Å²) in [7, 11) is 0. The zero-order valence-electron chi connectivity index (χ0n) is 15.0. The lowest BCUT2D eigenvalue weighted by molar-refractivity contribution is -0.138. The number of piperidine rings is 1. The molecule has 6 heteroatoms. The summed E-state index contributed by atoms with van der Waals surface area (Å²) in [4.78, 5) is 38.2. The second kappa shape index (κ2) is 8.14. The summed E-state index contributed by atoms with van der Waals surface area (Å²) in [6.45, 7) is 6.71. The highest BCUT2D eigenvalue weighted by Crippen LogP contribution is 2.24. The number of carboxylic acid groups (broad SMARTS) is 1. The van der Waals surface area contributed by atoms with Gasteiger partial charge in [-0.05, 0) is 37.8 Å². The van der Waals surface area contributed by atoms with Gasteiger partial charge in [-0.1, -0.05) is 26.0 Å². The molecular weight excluding hydrogens is 320 g/mol. The van der Waals surface area contributed by atoms with E-state index < -0.39 is 5.97 Å². The Morgan fingerprint density at radius 2 is 2.08 bits per heavy atom. The maximum Gasteiger partial charge on any atom is 0.337 e. The quantitative estimate of drug-likeness (QED) is 0.858. The van der Waals surface area contributed by atoms with E-state index in [1.807, 2.05) is 13.8 Å². The van der Waals surface area contributed by atoms with Gasteiger partial charge in [0.2, 0.25) is 11.8 Å². The fourth-order valence-corrected chi connectivity index (χ4v) is 3.11. The van der Waals surface area contributed by atoms with Gasteiger partial charge in [0.25, 0.3) is 0 Å². The van der Waals surface area contributed by atoms with Crippen molar-refractivity contribution in [3.05, 3.63) is 29.3 Å². The summed E-state index contributed by atoms with van der Waals surface area (Å²) in [5, 5.41) is 12.1. The number of anilines is 1. The molecule has 1 saturated heterocycles. The van der Waals surface area contributed by atoms with Crippen LogP contribution in [0.25, 0.3) is 0 Å². The molecular formula is C19H26N2O4. The Hall–Kier alpha value is -2.37. The van der Waals surface area contributed by atoms with E-state index in [-0.39, 0.29) is 29.2 Å². The van der Waals surface area contributed by atoms with Crippen molar-refractivity contribution in [2.45, 2.75) is 40.0 Å². The zero-order valence-corrected chi connectivity index (χ0v) is 15.0. The Labute approximate surface area is 148 Å². The van der Waals surface area contributed by atoms with Gasteiger partial charge < -0.3 is 15.3 Å². The van der Waals surface area contributed by atoms with E-state index in [2.05, 4.69) is 5.32 Å². The molecule has 0 bridgehead atoms. The average molecular weight is 346 g/mol. The number of amides is 2. The number of rotatable bonds is 5. The van der Waals surface area contributed by atoms with Crippen molar-refractivity contribution in [2.24, 2.45) is 11.8 Å². The first kappa shape index (κ1) is 19.0. The zero-order chi connectivity index (χ0) is 18.6. The van der Waals surface area contributed by atoms with Crippen LogP contribution < -0.4 is 5.32 Å². The van der Waals surface area contributed by atoms with Crippen molar-refractivity contribution < 1.29 is 19.5 Å². The number of carboxylic acids is 1. The molecule has 25 heavy (non-hydrogen) atoms. The number of aryl methyl sites for hydroxylation is 1. The number of benzene rings is 1. The first-order valence-corrected chi connectivity index (χ1v) is 8.77. The molecule has 0 spiro atoms. The molecule has 2 N–H and O–H groups in total. The Balaban J connectivity index is 2.11. The summed E-state index contributed by atoms with van der Waals surface area (Å²) in [6, 6.07) is 4.90. The van der Waals surface area contributed by atoms with Gasteiger partial charge in [0.05, 0.1) is 17.2 Å². The van der Waals surface area contributed by atoms with E-state index in [0.29, 0.717) is 30.8 Å². The van der Waals surface area contributed by atoms with Crippen LogP contribution in [0.15, 0.2) is 18.2 Å². The number of para-hydroxylation sites is 1. The smallest absolute Gasteiger partial charge is 0.337 e. The summed E-state index contributed by atoms with van der Waals surface area (Å²) < 4.78 is 0. The Bertz CT molecular complexity index is 671. The highest BCUT2D eigenvalue weighted by Gasteiger charge is 2.30. The van der Waals surface area contributed by atoms with Crippen LogP contribution in [0.1, 0.15) is 49.0 Å². The van der Waals surface area contributed by atoms with E-state index in [0.717, 1.165) is 12.8 Å². The molecule has 2 atom stereocenters. The maximum absolute atomic E-state index is 12.7. The van der Waals surface area contributed by atoms with Gasteiger partial charge in [-0.25, -0.2) is 4.79 Å². The summed E-state index contributed by atoms with van der Waals surface area (Å²) >= 11 is 0. The molecule has 2 unspecified atom stereocenters. The first-order valence-electron chi connectivity index (χ1n) is 8.77. The van der Waals surface area contributed by atoms with Crippen LogP contribution in [0, 0.1) is 18.8 Å². The molecule has 2 rings (SSSR count). The fraction of sp³-hybridized carbons (Fsp3) is 0.526. The highest BCUT2D eigenvalue weighted by atomic mass is 16.4. The van der Waals surface area contributed by atoms with Crippen molar-refractivity contribution in [2.75, 3.05) is 18.4 Å². The van der Waals surface area contributed by atoms with Crippen molar-refractivity contribution in [3.63, 3.8) is 0 Å². The van der Waals surface area contributed by atoms with E-state index in [4.69, 9.17) is 0 Å². The maximum atomic E-state index is 12.7. The molecule has 1 aromatic rings. The number of likely N-dealkylation sites (tertiary alicyclic amines) is 1. The number of carbonyl (C=O) groups excluding carboxylic acids is 2. The minimum atomic E-state index is -1.07. The molecule has 0 radical (unpaired) electrons. The SMILES string of the molecule is CCC(C)C(=O)N1CCCC(C(=O)Nc2c(C)cccc2C(=O)O)C1. The van der Waals surface area contributed by atoms with Crippen molar-refractivity contribution >= 4 is 23.5 Å². The number of nitrogens with one attached hydrogen (secondary N) is 1. The Kier molecular flexibility index (Phi) is 6.17. The number of hydrogen-bond donors (Lipinski definition) is 2. The van der Waals surface area contributed by atoms with Crippen LogP contribution in [-0.4, -0.2) is 40.9 Å². The third kappa shape index (κ3) is 4.38. The molecule has 1 aliphatic heterocycles. The van der Waals surface area contributed by atoms with Crippen LogP contribution in [0.3, 0.4) is 0 Å². The molecule has 1 aliphatic rings. The largest absolute Gasteiger partial charge is 0.478 e. The van der Waals surface area contributed by atoms with Crippen LogP contribution >= 0.6 is 0 Å². The molecule has 0 saturated carbocycles. The van der Waals surface area contributed by atoms with Gasteiger partial charge in [-0.3, -0.25) is 9.59 Å². The standard InChI is InChI=1S/C19H26N2O4/c1-4-12(2)18(23)21-10-6-8-14(11-21)17(22)20-16-13(3)7-5-9-15(16)19(24)25/h5,7,9,12,14H,4,6,8,10-11H2,1-3H3,(H,20,22)(H,24,25). The van der Waals surface area contributed by atoms with Gasteiger partial charge in [0, 0.05) is 19.0 Å². The van der Waals surface area contributed by atoms with Crippen LogP contribution in [0.5, 0.6) is 0 Å². The number of nitrogens with zero attached hydrogens (tertiary/aromatic N) is 1. The van der Waals surface area contributed by atoms with Crippen LogP contribution in [-0.2, 0) is 9.59 Å². The fourth-order valence-electron chi connectivity index (χ4n) is 3.11. The lowest BCUT2D eigenvalue weighted by Crippen LogP contribution is -2.45. The second-order valence-electron chi connectivity index (χ2n) is 6.72. The molecule has 1 fully saturated rings. The predicted octanol–water partition coefficient (Wildman–Crippen LogP) is 2.92. The van der Waals surface area contributed by atoms with E-state index in [1.165, 1.54) is 6.07 Å². The minimum absolute atomic E-state index is 0.0446. The molecule has 6 nitrogen and oxygen atoms in total. The topological polar surface area (TPSA) is 86.7 Å². The number of hydrogen-bond acceptors (Lipinski definition) is 3. The summed E-state index contributed by atoms with van der Waals surface area (Å²) in [5.41, 5.74) is 1.12. The van der Waals surface area contributed by atoms with E-state index in [1.54, 1.807) is 24.0 Å². The third-order valence-electron chi connectivity index (χ3n) is 4.89. The lowest BCUT2D eigenvalue weighted by atomic mass is 9.95. The predicted molar refractivity (Wildman–Crippen MR) is 95.5 cm³/mol. The molecule has 2 amide bonds. The molecule has 1 aromatic carbocycles. The Morgan fingerprint density at radius 3 is 2.72 bits per heavy atom. The number of carbonyl (C=O) groups is 3. The van der Waals surface area contributed by atoms with Gasteiger partial charge in [-0.2, -0.15) is 0 Å². The molecule has 136 valence electrons. The van der Waals surface area contributed by atoms with Gasteiger partial charge >= 0.3 is 5.97 Å². The summed E-state index contributed by atoms with van der Waals surface area (Å²) in [5.74, 6) is -1.57. The van der Waals surface area contributed by atoms with Gasteiger partial charge in [-0.15, -0.1) is 0 Å². The van der Waals surface area contributed by atoms with Gasteiger partial charge in [0.15, 0.2) is 0 Å². The van der Waals surface area contributed by atoms with Crippen molar-refractivity contribution in [3.8, 4) is 0 Å². The molecule has 1 heterocycles. The highest BCUT2D eigenvalue weighted by molar-refractivity contribution is 6.02. The van der Waals surface area contributed by atoms with E-state index in [9.17, 15) is 19.5 Å². The van der Waals surface area contributed by atoms with E-state index >= 15 is 0 Å². The van der Waals surface area contributed by atoms with Crippen LogP contribution in [0.2, 0.25) is 0 Å². The number of aromatic carboxylic acids is 1. The summed E-state index contributed by atoms with van der Waals surface area (Å²) in [6.07, 6.45) is 2.25. The van der Waals surface area contributed by atoms with Gasteiger partial charge in [0.1, 0.15) is 0 Å². The monoisotopic (exact) mass is 346 g/mol. The first-order chi connectivity index (χ1) is 11.8. The molecule has 0 aliphatic carbocycles. The average Bonchev–Trinajstić information content (AvgIpc) is 2.61. The lowest BCUT2D eigenvalue weighted by Gasteiger charge is -2.33. The Morgan fingerprint density at radius 1 is 1.36 bits per heavy atom. The third-order valence-corrected chi connectivity index (χ3v) is 4.89. The van der Waals surface area contributed by atoms with Crippen molar-refractivity contribution in [1.82, 2.24) is 4.90 Å². The normalized spacial score (nSPS) is 18.5. The van der Waals surface area contributed by atoms with Crippen molar-refractivity contribution in [1.29, 1.82) is 0 Å². The molecule has 0 aromatic heterocycles. The van der Waals surface area contributed by atoms with Crippen LogP contribution in [0.4, 0.5) is 5.69 Å².